The first-order valence-electron chi connectivity index (χ1n) is 9.46. The van der Waals surface area contributed by atoms with Gasteiger partial charge in [-0.3, -0.25) is 4.79 Å². The lowest BCUT2D eigenvalue weighted by molar-refractivity contribution is -0.119. The van der Waals surface area contributed by atoms with Crippen LogP contribution in [-0.4, -0.2) is 51.4 Å². The average molecular weight is 435 g/mol. The largest absolute Gasteiger partial charge is 0.452 e. The SMILES string of the molecule is CCN(CC)S(=O)(=O)c1cccc(NC(=O)COC(=O)c2ccc(COC)cc2)c1. The van der Waals surface area contributed by atoms with E-state index < -0.39 is 28.5 Å². The number of carbonyl (C=O) groups excluding carboxylic acids is 2. The Morgan fingerprint density at radius 2 is 1.70 bits per heavy atom. The molecule has 1 amide bonds. The summed E-state index contributed by atoms with van der Waals surface area (Å²) in [7, 11) is -2.06. The minimum absolute atomic E-state index is 0.0807. The average Bonchev–Trinajstić information content (AvgIpc) is 2.73. The van der Waals surface area contributed by atoms with Crippen molar-refractivity contribution >= 4 is 27.6 Å². The number of sulfonamides is 1. The third-order valence-corrected chi connectivity index (χ3v) is 6.34. The van der Waals surface area contributed by atoms with Crippen LogP contribution in [-0.2, 0) is 30.9 Å². The molecule has 30 heavy (non-hydrogen) atoms. The number of benzene rings is 2. The quantitative estimate of drug-likeness (QED) is 0.577. The van der Waals surface area contributed by atoms with E-state index in [2.05, 4.69) is 5.32 Å². The van der Waals surface area contributed by atoms with Gasteiger partial charge in [0.2, 0.25) is 10.0 Å². The van der Waals surface area contributed by atoms with Crippen molar-refractivity contribution in [3.05, 3.63) is 59.7 Å². The van der Waals surface area contributed by atoms with Crippen molar-refractivity contribution in [1.82, 2.24) is 4.31 Å². The van der Waals surface area contributed by atoms with Crippen LogP contribution in [0.2, 0.25) is 0 Å². The number of hydrogen-bond donors (Lipinski definition) is 1. The topological polar surface area (TPSA) is 102 Å². The molecule has 2 rings (SSSR count). The third kappa shape index (κ3) is 6.12. The zero-order valence-corrected chi connectivity index (χ0v) is 18.1. The van der Waals surface area contributed by atoms with E-state index in [0.717, 1.165) is 5.56 Å². The van der Waals surface area contributed by atoms with Crippen molar-refractivity contribution in [3.8, 4) is 0 Å². The second-order valence-corrected chi connectivity index (χ2v) is 8.31. The zero-order valence-electron chi connectivity index (χ0n) is 17.3. The highest BCUT2D eigenvalue weighted by Gasteiger charge is 2.22. The van der Waals surface area contributed by atoms with Crippen LogP contribution in [0.1, 0.15) is 29.8 Å². The van der Waals surface area contributed by atoms with Crippen molar-refractivity contribution in [3.63, 3.8) is 0 Å². The summed E-state index contributed by atoms with van der Waals surface area (Å²) in [6, 6.07) is 12.6. The fourth-order valence-electron chi connectivity index (χ4n) is 2.76. The molecule has 0 aliphatic heterocycles. The smallest absolute Gasteiger partial charge is 0.338 e. The highest BCUT2D eigenvalue weighted by atomic mass is 32.2. The van der Waals surface area contributed by atoms with Gasteiger partial charge in [-0.05, 0) is 35.9 Å². The monoisotopic (exact) mass is 434 g/mol. The fraction of sp³-hybridized carbons (Fsp3) is 0.333. The van der Waals surface area contributed by atoms with Crippen LogP contribution in [0.3, 0.4) is 0 Å². The van der Waals surface area contributed by atoms with E-state index in [-0.39, 0.29) is 4.90 Å². The highest BCUT2D eigenvalue weighted by Crippen LogP contribution is 2.19. The van der Waals surface area contributed by atoms with Gasteiger partial charge in [0.05, 0.1) is 17.1 Å². The molecule has 0 bridgehead atoms. The number of anilines is 1. The van der Waals surface area contributed by atoms with E-state index in [9.17, 15) is 18.0 Å². The van der Waals surface area contributed by atoms with E-state index in [1.807, 2.05) is 0 Å². The molecule has 1 N–H and O–H groups in total. The van der Waals surface area contributed by atoms with Crippen molar-refractivity contribution in [2.75, 3.05) is 32.1 Å². The Kier molecular flexibility index (Phi) is 8.52. The molecule has 0 fully saturated rings. The number of hydrogen-bond acceptors (Lipinski definition) is 6. The lowest BCUT2D eigenvalue weighted by Gasteiger charge is -2.18. The van der Waals surface area contributed by atoms with E-state index in [0.29, 0.717) is 30.9 Å². The summed E-state index contributed by atoms with van der Waals surface area (Å²) in [5.41, 5.74) is 1.52. The van der Waals surface area contributed by atoms with Crippen LogP contribution in [0.15, 0.2) is 53.4 Å². The molecule has 0 spiro atoms. The highest BCUT2D eigenvalue weighted by molar-refractivity contribution is 7.89. The molecular weight excluding hydrogens is 408 g/mol. The Morgan fingerprint density at radius 1 is 1.03 bits per heavy atom. The van der Waals surface area contributed by atoms with Gasteiger partial charge in [-0.25, -0.2) is 13.2 Å². The number of carbonyl (C=O) groups is 2. The molecule has 0 saturated carbocycles. The Morgan fingerprint density at radius 3 is 2.30 bits per heavy atom. The number of esters is 1. The third-order valence-electron chi connectivity index (χ3n) is 4.30. The van der Waals surface area contributed by atoms with Gasteiger partial charge in [-0.15, -0.1) is 0 Å². The molecule has 2 aromatic rings. The summed E-state index contributed by atoms with van der Waals surface area (Å²) >= 11 is 0. The Balaban J connectivity index is 1.97. The maximum Gasteiger partial charge on any atom is 0.338 e. The summed E-state index contributed by atoms with van der Waals surface area (Å²) in [6.45, 7) is 4.14. The predicted octanol–water partition coefficient (Wildman–Crippen LogP) is 2.66. The first-order chi connectivity index (χ1) is 14.3. The van der Waals surface area contributed by atoms with Gasteiger partial charge in [0.25, 0.3) is 5.91 Å². The van der Waals surface area contributed by atoms with Crippen LogP contribution < -0.4 is 5.32 Å². The number of amides is 1. The van der Waals surface area contributed by atoms with Gasteiger partial charge in [0.1, 0.15) is 0 Å². The van der Waals surface area contributed by atoms with Crippen molar-refractivity contribution in [1.29, 1.82) is 0 Å². The summed E-state index contributed by atoms with van der Waals surface area (Å²) in [5.74, 6) is -1.20. The molecule has 0 saturated heterocycles. The first kappa shape index (κ1) is 23.5. The number of ether oxygens (including phenoxy) is 2. The molecule has 162 valence electrons. The van der Waals surface area contributed by atoms with Crippen molar-refractivity contribution in [2.24, 2.45) is 0 Å². The van der Waals surface area contributed by atoms with Gasteiger partial charge in [0, 0.05) is 25.9 Å². The van der Waals surface area contributed by atoms with Gasteiger partial charge in [0.15, 0.2) is 6.61 Å². The lowest BCUT2D eigenvalue weighted by atomic mass is 10.1. The second kappa shape index (κ2) is 10.9. The van der Waals surface area contributed by atoms with E-state index in [1.165, 1.54) is 16.4 Å². The minimum Gasteiger partial charge on any atom is -0.452 e. The molecule has 8 nitrogen and oxygen atoms in total. The Labute approximate surface area is 176 Å². The van der Waals surface area contributed by atoms with E-state index >= 15 is 0 Å². The molecule has 0 unspecified atom stereocenters. The normalized spacial score (nSPS) is 11.3. The fourth-order valence-corrected chi connectivity index (χ4v) is 4.27. The van der Waals surface area contributed by atoms with Gasteiger partial charge >= 0.3 is 5.97 Å². The van der Waals surface area contributed by atoms with Gasteiger partial charge in [-0.2, -0.15) is 4.31 Å². The first-order valence-corrected chi connectivity index (χ1v) is 10.9. The van der Waals surface area contributed by atoms with Crippen molar-refractivity contribution < 1.29 is 27.5 Å². The van der Waals surface area contributed by atoms with E-state index in [1.54, 1.807) is 57.4 Å². The number of nitrogens with zero attached hydrogens (tertiary/aromatic N) is 1. The molecule has 0 aliphatic carbocycles. The van der Waals surface area contributed by atoms with Crippen LogP contribution in [0.5, 0.6) is 0 Å². The molecular formula is C21H26N2O6S. The summed E-state index contributed by atoms with van der Waals surface area (Å²) < 4.78 is 36.6. The Hall–Kier alpha value is -2.75. The summed E-state index contributed by atoms with van der Waals surface area (Å²) in [6.07, 6.45) is 0. The molecule has 0 aliphatic rings. The maximum atomic E-state index is 12.6. The molecule has 0 atom stereocenters. The zero-order chi connectivity index (χ0) is 22.1. The second-order valence-electron chi connectivity index (χ2n) is 6.37. The minimum atomic E-state index is -3.64. The van der Waals surface area contributed by atoms with E-state index in [4.69, 9.17) is 9.47 Å². The predicted molar refractivity (Wildman–Crippen MR) is 113 cm³/mol. The number of methoxy groups -OCH3 is 1. The number of nitrogens with one attached hydrogen (secondary N) is 1. The lowest BCUT2D eigenvalue weighted by Crippen LogP contribution is -2.30. The standard InChI is InChI=1S/C21H26N2O6S/c1-4-23(5-2)30(26,27)19-8-6-7-18(13-19)22-20(24)15-29-21(25)17-11-9-16(10-12-17)14-28-3/h6-13H,4-5,14-15H2,1-3H3,(H,22,24). The van der Waals surface area contributed by atoms with Crippen LogP contribution >= 0.6 is 0 Å². The van der Waals surface area contributed by atoms with Crippen molar-refractivity contribution in [2.45, 2.75) is 25.3 Å². The van der Waals surface area contributed by atoms with Crippen LogP contribution in [0.4, 0.5) is 5.69 Å². The molecule has 0 heterocycles. The van der Waals surface area contributed by atoms with Crippen LogP contribution in [0.25, 0.3) is 0 Å². The summed E-state index contributed by atoms with van der Waals surface area (Å²) in [5, 5.41) is 2.55. The molecule has 0 radical (unpaired) electrons. The van der Waals surface area contributed by atoms with Crippen LogP contribution in [0, 0.1) is 0 Å². The van der Waals surface area contributed by atoms with Gasteiger partial charge in [-0.1, -0.05) is 32.0 Å². The maximum absolute atomic E-state index is 12.6. The molecule has 9 heteroatoms. The molecule has 0 aromatic heterocycles. The van der Waals surface area contributed by atoms with Gasteiger partial charge < -0.3 is 14.8 Å². The number of rotatable bonds is 10. The molecule has 2 aromatic carbocycles. The summed E-state index contributed by atoms with van der Waals surface area (Å²) in [4.78, 5) is 24.3. The Bertz CT molecular complexity index is 969.